The van der Waals surface area contributed by atoms with E-state index in [-0.39, 0.29) is 24.5 Å². The maximum Gasteiger partial charge on any atom is 0.338 e. The smallest absolute Gasteiger partial charge is 0.338 e. The number of fused-ring (bicyclic) bond motifs is 1. The van der Waals surface area contributed by atoms with Crippen LogP contribution in [0.25, 0.3) is 17.4 Å². The third-order valence-electron chi connectivity index (χ3n) is 6.20. The molecule has 204 valence electrons. The Morgan fingerprint density at radius 3 is 2.75 bits per heavy atom. The summed E-state index contributed by atoms with van der Waals surface area (Å²) in [6.45, 7) is 1.94. The number of rotatable bonds is 8. The van der Waals surface area contributed by atoms with E-state index in [2.05, 4.69) is 4.99 Å². The zero-order valence-electron chi connectivity index (χ0n) is 21.3. The van der Waals surface area contributed by atoms with Gasteiger partial charge in [0.2, 0.25) is 0 Å². The molecule has 0 saturated heterocycles. The minimum atomic E-state index is -0.862. The van der Waals surface area contributed by atoms with Crippen LogP contribution in [0, 0.1) is 10.1 Å². The molecule has 4 aromatic rings. The van der Waals surface area contributed by atoms with E-state index in [0.717, 1.165) is 11.3 Å². The standard InChI is InChI=1S/C28H22ClN3O7S/c1-16-24(27(34)38-13-12-37-2)25(20-8-3-4-9-21(20)29)31-26(33)23(40-28(31)30-16)15-19-10-11-22(39-19)17-6-5-7-18(14-17)32(35)36/h3-11,14-15,25H,12-13H2,1-2H3/b23-15+. The molecule has 1 atom stereocenters. The van der Waals surface area contributed by atoms with Gasteiger partial charge in [-0.1, -0.05) is 53.3 Å². The Labute approximate surface area is 236 Å². The van der Waals surface area contributed by atoms with Crippen LogP contribution in [0.15, 0.2) is 86.1 Å². The van der Waals surface area contributed by atoms with Gasteiger partial charge in [-0.15, -0.1) is 0 Å². The van der Waals surface area contributed by atoms with E-state index in [1.54, 1.807) is 61.5 Å². The first-order chi connectivity index (χ1) is 19.3. The highest BCUT2D eigenvalue weighted by Gasteiger charge is 2.34. The summed E-state index contributed by atoms with van der Waals surface area (Å²) >= 11 is 7.69. The molecule has 5 rings (SSSR count). The summed E-state index contributed by atoms with van der Waals surface area (Å²) in [5, 5.41) is 11.5. The highest BCUT2D eigenvalue weighted by atomic mass is 35.5. The fourth-order valence-electron chi connectivity index (χ4n) is 4.36. The van der Waals surface area contributed by atoms with E-state index >= 15 is 0 Å². The van der Waals surface area contributed by atoms with Crippen molar-refractivity contribution in [2.45, 2.75) is 13.0 Å². The summed E-state index contributed by atoms with van der Waals surface area (Å²) in [5.74, 6) is 0.162. The van der Waals surface area contributed by atoms with Gasteiger partial charge in [0.25, 0.3) is 11.2 Å². The summed E-state index contributed by atoms with van der Waals surface area (Å²) in [5.41, 5.74) is 1.24. The number of thiazole rings is 1. The third kappa shape index (κ3) is 5.26. The SMILES string of the molecule is COCCOC(=O)C1=C(C)N=c2s/c(=C/c3ccc(-c4cccc([N+](=O)[O-])c4)o3)c(=O)n2C1c1ccccc1Cl. The number of aromatic nitrogens is 1. The monoisotopic (exact) mass is 579 g/mol. The fraction of sp³-hybridized carbons (Fsp3) is 0.179. The van der Waals surface area contributed by atoms with Crippen LogP contribution in [0.4, 0.5) is 5.69 Å². The lowest BCUT2D eigenvalue weighted by atomic mass is 9.96. The Morgan fingerprint density at radius 2 is 2.00 bits per heavy atom. The zero-order chi connectivity index (χ0) is 28.4. The summed E-state index contributed by atoms with van der Waals surface area (Å²) < 4.78 is 18.0. The van der Waals surface area contributed by atoms with Crippen LogP contribution in [-0.4, -0.2) is 35.8 Å². The van der Waals surface area contributed by atoms with Gasteiger partial charge in [-0.25, -0.2) is 9.79 Å². The molecular weight excluding hydrogens is 558 g/mol. The van der Waals surface area contributed by atoms with Crippen LogP contribution < -0.4 is 14.9 Å². The van der Waals surface area contributed by atoms with Crippen molar-refractivity contribution in [1.29, 1.82) is 0 Å². The average molecular weight is 580 g/mol. The Kier molecular flexibility index (Phi) is 7.78. The van der Waals surface area contributed by atoms with Gasteiger partial charge in [0.1, 0.15) is 24.2 Å². The van der Waals surface area contributed by atoms with Gasteiger partial charge < -0.3 is 13.9 Å². The van der Waals surface area contributed by atoms with Crippen LogP contribution in [-0.2, 0) is 14.3 Å². The van der Waals surface area contributed by atoms with Crippen molar-refractivity contribution in [2.75, 3.05) is 20.3 Å². The molecule has 0 saturated carbocycles. The molecule has 12 heteroatoms. The Balaban J connectivity index is 1.60. The van der Waals surface area contributed by atoms with Crippen LogP contribution in [0.3, 0.4) is 0 Å². The number of hydrogen-bond acceptors (Lipinski definition) is 9. The highest BCUT2D eigenvalue weighted by molar-refractivity contribution is 7.07. The predicted octanol–water partition coefficient (Wildman–Crippen LogP) is 4.25. The number of nitro groups is 1. The lowest BCUT2D eigenvalue weighted by Gasteiger charge is -2.25. The summed E-state index contributed by atoms with van der Waals surface area (Å²) in [7, 11) is 1.50. The number of halogens is 1. The number of hydrogen-bond donors (Lipinski definition) is 0. The third-order valence-corrected chi connectivity index (χ3v) is 7.53. The number of ether oxygens (including phenoxy) is 2. The number of allylic oxidation sites excluding steroid dienone is 1. The van der Waals surface area contributed by atoms with Crippen molar-refractivity contribution in [3.63, 3.8) is 0 Å². The molecule has 0 aliphatic carbocycles. The van der Waals surface area contributed by atoms with Crippen molar-refractivity contribution in [3.8, 4) is 11.3 Å². The molecule has 1 aliphatic heterocycles. The van der Waals surface area contributed by atoms with Crippen LogP contribution >= 0.6 is 22.9 Å². The number of furan rings is 1. The molecule has 2 aromatic heterocycles. The highest BCUT2D eigenvalue weighted by Crippen LogP contribution is 2.34. The normalized spacial score (nSPS) is 15.1. The second kappa shape index (κ2) is 11.4. The van der Waals surface area contributed by atoms with Gasteiger partial charge in [0, 0.05) is 35.9 Å². The van der Waals surface area contributed by atoms with E-state index in [1.807, 2.05) is 0 Å². The molecule has 0 fully saturated rings. The summed E-state index contributed by atoms with van der Waals surface area (Å²) in [6.07, 6.45) is 1.57. The van der Waals surface area contributed by atoms with Crippen molar-refractivity contribution < 1.29 is 23.6 Å². The lowest BCUT2D eigenvalue weighted by molar-refractivity contribution is -0.384. The van der Waals surface area contributed by atoms with Crippen molar-refractivity contribution in [3.05, 3.63) is 118 Å². The van der Waals surface area contributed by atoms with Crippen LogP contribution in [0.5, 0.6) is 0 Å². The molecule has 0 radical (unpaired) electrons. The molecule has 1 aliphatic rings. The number of carbonyl (C=O) groups is 1. The van der Waals surface area contributed by atoms with Crippen molar-refractivity contribution in [2.24, 2.45) is 4.99 Å². The second-order valence-electron chi connectivity index (χ2n) is 8.74. The van der Waals surface area contributed by atoms with Crippen molar-refractivity contribution >= 4 is 40.7 Å². The van der Waals surface area contributed by atoms with Gasteiger partial charge in [-0.2, -0.15) is 0 Å². The number of methoxy groups -OCH3 is 1. The molecule has 0 N–H and O–H groups in total. The molecule has 2 aromatic carbocycles. The van der Waals surface area contributed by atoms with E-state index < -0.39 is 22.5 Å². The second-order valence-corrected chi connectivity index (χ2v) is 10.2. The molecule has 0 bridgehead atoms. The quantitative estimate of drug-likeness (QED) is 0.132. The number of carbonyl (C=O) groups excluding carboxylic acids is 1. The molecular formula is C28H22ClN3O7S. The first kappa shape index (κ1) is 27.3. The van der Waals surface area contributed by atoms with Gasteiger partial charge in [0.15, 0.2) is 4.80 Å². The Hall–Kier alpha value is -4.32. The largest absolute Gasteiger partial charge is 0.460 e. The van der Waals surface area contributed by atoms with Gasteiger partial charge in [0.05, 0.1) is 27.3 Å². The summed E-state index contributed by atoms with van der Waals surface area (Å²) in [6, 6.07) is 15.5. The number of nitro benzene ring substituents is 1. The molecule has 0 amide bonds. The molecule has 0 spiro atoms. The van der Waals surface area contributed by atoms with E-state index in [9.17, 15) is 19.7 Å². The zero-order valence-corrected chi connectivity index (χ0v) is 22.9. The van der Waals surface area contributed by atoms with Crippen molar-refractivity contribution in [1.82, 2.24) is 4.57 Å². The maximum absolute atomic E-state index is 13.8. The number of nitrogens with zero attached hydrogens (tertiary/aromatic N) is 3. The first-order valence-corrected chi connectivity index (χ1v) is 13.3. The summed E-state index contributed by atoms with van der Waals surface area (Å²) in [4.78, 5) is 42.6. The lowest BCUT2D eigenvalue weighted by Crippen LogP contribution is -2.40. The number of benzene rings is 2. The first-order valence-electron chi connectivity index (χ1n) is 12.1. The molecule has 1 unspecified atom stereocenters. The van der Waals surface area contributed by atoms with E-state index in [1.165, 1.54) is 23.8 Å². The number of non-ortho nitro benzene ring substituents is 1. The number of esters is 1. The van der Waals surface area contributed by atoms with E-state index in [4.69, 9.17) is 25.5 Å². The van der Waals surface area contributed by atoms with Crippen LogP contribution in [0.1, 0.15) is 24.3 Å². The van der Waals surface area contributed by atoms with Crippen LogP contribution in [0.2, 0.25) is 5.02 Å². The minimum Gasteiger partial charge on any atom is -0.460 e. The molecule has 40 heavy (non-hydrogen) atoms. The van der Waals surface area contributed by atoms with Gasteiger partial charge in [-0.05, 0) is 30.7 Å². The Morgan fingerprint density at radius 1 is 1.20 bits per heavy atom. The molecule has 3 heterocycles. The predicted molar refractivity (Wildman–Crippen MR) is 149 cm³/mol. The maximum atomic E-state index is 13.8. The average Bonchev–Trinajstić information content (AvgIpc) is 3.53. The molecule has 10 nitrogen and oxygen atoms in total. The topological polar surface area (TPSA) is 126 Å². The Bertz CT molecular complexity index is 1840. The fourth-order valence-corrected chi connectivity index (χ4v) is 5.62. The van der Waals surface area contributed by atoms with Gasteiger partial charge >= 0.3 is 5.97 Å². The van der Waals surface area contributed by atoms with Gasteiger partial charge in [-0.3, -0.25) is 19.5 Å². The van der Waals surface area contributed by atoms with E-state index in [0.29, 0.717) is 42.7 Å². The minimum absolute atomic E-state index is 0.0389.